The molecule has 25 heavy (non-hydrogen) atoms. The van der Waals surface area contributed by atoms with Crippen molar-refractivity contribution in [3.05, 3.63) is 35.4 Å². The summed E-state index contributed by atoms with van der Waals surface area (Å²) in [5.41, 5.74) is 2.14. The summed E-state index contributed by atoms with van der Waals surface area (Å²) in [5.74, 6) is 0.233. The highest BCUT2D eigenvalue weighted by Gasteiger charge is 2.38. The number of ether oxygens (including phenoxy) is 1. The van der Waals surface area contributed by atoms with E-state index in [4.69, 9.17) is 4.74 Å². The fourth-order valence-electron chi connectivity index (χ4n) is 3.83. The van der Waals surface area contributed by atoms with Crippen LogP contribution in [0.25, 0.3) is 0 Å². The lowest BCUT2D eigenvalue weighted by molar-refractivity contribution is -0.132. The highest BCUT2D eigenvalue weighted by Crippen LogP contribution is 2.30. The van der Waals surface area contributed by atoms with Crippen molar-refractivity contribution in [3.8, 4) is 0 Å². The molecule has 0 saturated carbocycles. The fraction of sp³-hybridized carbons (Fsp3) is 0.600. The van der Waals surface area contributed by atoms with Crippen LogP contribution in [-0.4, -0.2) is 48.6 Å². The molecule has 3 rings (SSSR count). The zero-order valence-electron chi connectivity index (χ0n) is 15.2. The van der Waals surface area contributed by atoms with E-state index in [0.717, 1.165) is 25.9 Å². The van der Waals surface area contributed by atoms with Gasteiger partial charge < -0.3 is 15.0 Å². The van der Waals surface area contributed by atoms with Gasteiger partial charge in [0.1, 0.15) is 0 Å². The first-order valence-corrected chi connectivity index (χ1v) is 9.17. The number of aryl methyl sites for hydroxylation is 1. The molecule has 2 aliphatic rings. The third kappa shape index (κ3) is 4.40. The summed E-state index contributed by atoms with van der Waals surface area (Å²) >= 11 is 0. The van der Waals surface area contributed by atoms with Crippen LogP contribution in [0.5, 0.6) is 0 Å². The molecule has 2 amide bonds. The number of carbonyl (C=O) groups is 2. The highest BCUT2D eigenvalue weighted by atomic mass is 16.5. The smallest absolute Gasteiger partial charge is 0.222 e. The minimum absolute atomic E-state index is 0.0945. The van der Waals surface area contributed by atoms with Gasteiger partial charge >= 0.3 is 0 Å². The Balaban J connectivity index is 1.63. The first-order valence-electron chi connectivity index (χ1n) is 9.17. The van der Waals surface area contributed by atoms with Gasteiger partial charge in [-0.3, -0.25) is 9.59 Å². The Bertz CT molecular complexity index is 622. The quantitative estimate of drug-likeness (QED) is 0.861. The van der Waals surface area contributed by atoms with Crippen molar-refractivity contribution in [1.29, 1.82) is 0 Å². The molecule has 5 heteroatoms. The van der Waals surface area contributed by atoms with Gasteiger partial charge in [0.2, 0.25) is 11.8 Å². The summed E-state index contributed by atoms with van der Waals surface area (Å²) in [6, 6.07) is 8.62. The van der Waals surface area contributed by atoms with Crippen LogP contribution in [0, 0.1) is 6.92 Å². The molecule has 2 saturated heterocycles. The zero-order chi connectivity index (χ0) is 17.9. The van der Waals surface area contributed by atoms with E-state index < -0.39 is 0 Å². The summed E-state index contributed by atoms with van der Waals surface area (Å²) in [6.45, 7) is 3.43. The van der Waals surface area contributed by atoms with Crippen molar-refractivity contribution >= 4 is 11.8 Å². The molecule has 2 atom stereocenters. The van der Waals surface area contributed by atoms with Crippen LogP contribution in [0.3, 0.4) is 0 Å². The molecule has 2 aliphatic heterocycles. The van der Waals surface area contributed by atoms with Gasteiger partial charge in [-0.1, -0.05) is 29.8 Å². The monoisotopic (exact) mass is 344 g/mol. The lowest BCUT2D eigenvalue weighted by Gasteiger charge is -2.31. The number of likely N-dealkylation sites (N-methyl/N-ethyl adjacent to an activating group) is 1. The van der Waals surface area contributed by atoms with Crippen LogP contribution in [0.1, 0.15) is 43.2 Å². The second kappa shape index (κ2) is 7.56. The van der Waals surface area contributed by atoms with Crippen molar-refractivity contribution in [2.75, 3.05) is 20.3 Å². The predicted octanol–water partition coefficient (Wildman–Crippen LogP) is 2.21. The number of hydrogen-bond donors (Lipinski definition) is 1. The lowest BCUT2D eigenvalue weighted by Crippen LogP contribution is -2.45. The van der Waals surface area contributed by atoms with Gasteiger partial charge in [0.25, 0.3) is 0 Å². The number of rotatable bonds is 6. The number of hydrogen-bond acceptors (Lipinski definition) is 3. The molecule has 0 spiro atoms. The van der Waals surface area contributed by atoms with Gasteiger partial charge in [-0.15, -0.1) is 0 Å². The molecule has 0 bridgehead atoms. The number of carbonyl (C=O) groups excluding carboxylic acids is 2. The molecule has 1 N–H and O–H groups in total. The average molecular weight is 344 g/mol. The van der Waals surface area contributed by atoms with Crippen molar-refractivity contribution in [3.63, 3.8) is 0 Å². The molecule has 0 radical (unpaired) electrons. The summed E-state index contributed by atoms with van der Waals surface area (Å²) in [4.78, 5) is 26.3. The molecule has 2 heterocycles. The Kier molecular flexibility index (Phi) is 5.42. The third-order valence-electron chi connectivity index (χ3n) is 5.56. The summed E-state index contributed by atoms with van der Waals surface area (Å²) < 4.78 is 5.38. The van der Waals surface area contributed by atoms with Gasteiger partial charge in [0.15, 0.2) is 0 Å². The molecular weight excluding hydrogens is 316 g/mol. The first kappa shape index (κ1) is 17.9. The number of benzene rings is 1. The maximum Gasteiger partial charge on any atom is 0.222 e. The Morgan fingerprint density at radius 1 is 1.36 bits per heavy atom. The van der Waals surface area contributed by atoms with E-state index in [1.807, 2.05) is 11.9 Å². The van der Waals surface area contributed by atoms with Crippen LogP contribution in [0.4, 0.5) is 0 Å². The average Bonchev–Trinajstić information content (AvgIpc) is 3.25. The van der Waals surface area contributed by atoms with Crippen molar-refractivity contribution in [2.24, 2.45) is 0 Å². The van der Waals surface area contributed by atoms with E-state index in [1.165, 1.54) is 11.1 Å². The molecule has 136 valence electrons. The molecule has 2 fully saturated rings. The SMILES string of the molecule is Cc1ccc(C[C@]2(CCC(=O)N(C)[C@@H]3CCOC3)CCC(=O)N2)cc1. The van der Waals surface area contributed by atoms with Crippen LogP contribution < -0.4 is 5.32 Å². The second-order valence-electron chi connectivity index (χ2n) is 7.51. The first-order chi connectivity index (χ1) is 12.0. The van der Waals surface area contributed by atoms with Gasteiger partial charge in [-0.25, -0.2) is 0 Å². The normalized spacial score (nSPS) is 25.8. The second-order valence-corrected chi connectivity index (χ2v) is 7.51. The zero-order valence-corrected chi connectivity index (χ0v) is 15.2. The molecule has 1 aromatic rings. The third-order valence-corrected chi connectivity index (χ3v) is 5.56. The largest absolute Gasteiger partial charge is 0.379 e. The van der Waals surface area contributed by atoms with E-state index in [9.17, 15) is 9.59 Å². The Morgan fingerprint density at radius 3 is 2.72 bits per heavy atom. The summed E-state index contributed by atoms with van der Waals surface area (Å²) in [7, 11) is 1.86. The molecule has 0 unspecified atom stereocenters. The molecule has 5 nitrogen and oxygen atoms in total. The Hall–Kier alpha value is -1.88. The standard InChI is InChI=1S/C20H28N2O3/c1-15-3-5-16(6-4-15)13-20(10-7-18(23)21-20)11-8-19(24)22(2)17-9-12-25-14-17/h3-6,17H,7-14H2,1-2H3,(H,21,23)/t17-,20-/m1/s1. The fourth-order valence-corrected chi connectivity index (χ4v) is 3.83. The van der Waals surface area contributed by atoms with Crippen LogP contribution in [0.15, 0.2) is 24.3 Å². The maximum atomic E-state index is 12.6. The Labute approximate surface area is 149 Å². The van der Waals surface area contributed by atoms with Gasteiger partial charge in [-0.05, 0) is 38.2 Å². The minimum Gasteiger partial charge on any atom is -0.379 e. The Morgan fingerprint density at radius 2 is 2.12 bits per heavy atom. The number of amides is 2. The highest BCUT2D eigenvalue weighted by molar-refractivity contribution is 5.80. The van der Waals surface area contributed by atoms with E-state index in [0.29, 0.717) is 25.9 Å². The summed E-state index contributed by atoms with van der Waals surface area (Å²) in [6.07, 6.45) is 4.17. The lowest BCUT2D eigenvalue weighted by atomic mass is 9.84. The van der Waals surface area contributed by atoms with E-state index in [2.05, 4.69) is 36.5 Å². The molecular formula is C20H28N2O3. The molecule has 0 aliphatic carbocycles. The maximum absolute atomic E-state index is 12.6. The topological polar surface area (TPSA) is 58.6 Å². The van der Waals surface area contributed by atoms with Gasteiger partial charge in [-0.2, -0.15) is 0 Å². The van der Waals surface area contributed by atoms with Crippen molar-refractivity contribution in [1.82, 2.24) is 10.2 Å². The molecule has 0 aromatic heterocycles. The van der Waals surface area contributed by atoms with Gasteiger partial charge in [0, 0.05) is 32.0 Å². The number of nitrogens with one attached hydrogen (secondary N) is 1. The van der Waals surface area contributed by atoms with E-state index >= 15 is 0 Å². The predicted molar refractivity (Wildman–Crippen MR) is 96.2 cm³/mol. The summed E-state index contributed by atoms with van der Waals surface area (Å²) in [5, 5.41) is 3.16. The van der Waals surface area contributed by atoms with Gasteiger partial charge in [0.05, 0.1) is 12.6 Å². The minimum atomic E-state index is -0.297. The van der Waals surface area contributed by atoms with E-state index in [-0.39, 0.29) is 23.4 Å². The van der Waals surface area contributed by atoms with Crippen LogP contribution in [-0.2, 0) is 20.7 Å². The van der Waals surface area contributed by atoms with Crippen molar-refractivity contribution < 1.29 is 14.3 Å². The molecule has 1 aromatic carbocycles. The number of nitrogens with zero attached hydrogens (tertiary/aromatic N) is 1. The van der Waals surface area contributed by atoms with E-state index in [1.54, 1.807) is 0 Å². The van der Waals surface area contributed by atoms with Crippen molar-refractivity contribution in [2.45, 2.75) is 57.0 Å². The van der Waals surface area contributed by atoms with Crippen LogP contribution in [0.2, 0.25) is 0 Å². The van der Waals surface area contributed by atoms with Crippen LogP contribution >= 0.6 is 0 Å².